The lowest BCUT2D eigenvalue weighted by Gasteiger charge is -2.51. The van der Waals surface area contributed by atoms with E-state index in [4.69, 9.17) is 11.6 Å². The lowest BCUT2D eigenvalue weighted by molar-refractivity contribution is -0.147. The molecule has 1 amide bonds. The second kappa shape index (κ2) is 5.99. The first kappa shape index (κ1) is 18.4. The summed E-state index contributed by atoms with van der Waals surface area (Å²) in [5, 5.41) is 11.5. The molecule has 1 fully saturated rings. The first-order valence-corrected chi connectivity index (χ1v) is 10.0. The molecule has 1 aliphatic heterocycles. The summed E-state index contributed by atoms with van der Waals surface area (Å²) in [6, 6.07) is 1.67. The Morgan fingerprint density at radius 1 is 1.48 bits per heavy atom. The number of phenols is 1. The van der Waals surface area contributed by atoms with Gasteiger partial charge >= 0.3 is 0 Å². The first-order chi connectivity index (χ1) is 12.8. The predicted molar refractivity (Wildman–Crippen MR) is 107 cm³/mol. The standard InChI is InChI=1S/C21H25ClN2O3/c1-4-21(11-25)9-20(3,10-21)19(27)24-8-13(6-22)17-14(24)5-15(26)18-16(17)12(2)7-23-18/h5,7,11,13,23,26H,4,6,8-10H2,1-3H3. The summed E-state index contributed by atoms with van der Waals surface area (Å²) in [5.74, 6) is 0.591. The van der Waals surface area contributed by atoms with Crippen LogP contribution in [0.2, 0.25) is 0 Å². The van der Waals surface area contributed by atoms with Crippen molar-refractivity contribution in [2.45, 2.75) is 46.0 Å². The topological polar surface area (TPSA) is 73.4 Å². The van der Waals surface area contributed by atoms with Crippen molar-refractivity contribution in [2.24, 2.45) is 10.8 Å². The van der Waals surface area contributed by atoms with E-state index < -0.39 is 5.41 Å². The number of halogens is 1. The molecular formula is C21H25ClN2O3. The van der Waals surface area contributed by atoms with Gasteiger partial charge in [0.1, 0.15) is 12.0 Å². The minimum Gasteiger partial charge on any atom is -0.506 e. The van der Waals surface area contributed by atoms with Gasteiger partial charge in [0.2, 0.25) is 5.91 Å². The van der Waals surface area contributed by atoms with Crippen LogP contribution in [0.4, 0.5) is 5.69 Å². The number of nitrogens with zero attached hydrogens (tertiary/aromatic N) is 1. The summed E-state index contributed by atoms with van der Waals surface area (Å²) in [5.41, 5.74) is 2.58. The third-order valence-electron chi connectivity index (χ3n) is 6.64. The van der Waals surface area contributed by atoms with Gasteiger partial charge in [0.05, 0.1) is 11.2 Å². The predicted octanol–water partition coefficient (Wildman–Crippen LogP) is 4.25. The van der Waals surface area contributed by atoms with Crippen molar-refractivity contribution in [3.05, 3.63) is 23.4 Å². The number of aldehydes is 1. The molecule has 2 heterocycles. The maximum absolute atomic E-state index is 13.4. The minimum atomic E-state index is -0.548. The highest BCUT2D eigenvalue weighted by molar-refractivity contribution is 6.19. The normalized spacial score (nSPS) is 29.6. The Balaban J connectivity index is 1.77. The lowest BCUT2D eigenvalue weighted by atomic mass is 9.52. The van der Waals surface area contributed by atoms with Gasteiger partial charge in [-0.15, -0.1) is 11.6 Å². The van der Waals surface area contributed by atoms with Crippen molar-refractivity contribution < 1.29 is 14.7 Å². The highest BCUT2D eigenvalue weighted by Crippen LogP contribution is 2.57. The van der Waals surface area contributed by atoms with Gasteiger partial charge in [-0.2, -0.15) is 0 Å². The number of aromatic hydroxyl groups is 1. The number of hydrogen-bond donors (Lipinski definition) is 2. The highest BCUT2D eigenvalue weighted by Gasteiger charge is 2.57. The Morgan fingerprint density at radius 3 is 2.78 bits per heavy atom. The van der Waals surface area contributed by atoms with Gasteiger partial charge < -0.3 is 19.8 Å². The van der Waals surface area contributed by atoms with E-state index in [1.165, 1.54) is 0 Å². The van der Waals surface area contributed by atoms with Crippen molar-refractivity contribution in [2.75, 3.05) is 17.3 Å². The highest BCUT2D eigenvalue weighted by atomic mass is 35.5. The number of aromatic amines is 1. The van der Waals surface area contributed by atoms with E-state index in [9.17, 15) is 14.7 Å². The molecule has 0 saturated heterocycles. The number of phenolic OH excluding ortho intramolecular Hbond substituents is 1. The molecule has 144 valence electrons. The van der Waals surface area contributed by atoms with E-state index >= 15 is 0 Å². The van der Waals surface area contributed by atoms with E-state index in [0.717, 1.165) is 34.9 Å². The van der Waals surface area contributed by atoms with Crippen LogP contribution < -0.4 is 4.90 Å². The smallest absolute Gasteiger partial charge is 0.233 e. The molecule has 1 aliphatic carbocycles. The molecule has 1 aromatic heterocycles. The van der Waals surface area contributed by atoms with Crippen LogP contribution in [-0.4, -0.2) is 34.7 Å². The number of rotatable bonds is 4. The van der Waals surface area contributed by atoms with E-state index in [1.54, 1.807) is 11.0 Å². The van der Waals surface area contributed by atoms with Crippen molar-refractivity contribution in [1.82, 2.24) is 4.98 Å². The van der Waals surface area contributed by atoms with E-state index in [1.807, 2.05) is 27.0 Å². The van der Waals surface area contributed by atoms with Gasteiger partial charge in [-0.25, -0.2) is 0 Å². The maximum atomic E-state index is 13.4. The van der Waals surface area contributed by atoms with Crippen LogP contribution >= 0.6 is 11.6 Å². The summed E-state index contributed by atoms with van der Waals surface area (Å²) in [6.07, 6.45) is 4.79. The molecule has 1 saturated carbocycles. The quantitative estimate of drug-likeness (QED) is 0.607. The fourth-order valence-corrected chi connectivity index (χ4v) is 5.49. The number of carbonyl (C=O) groups excluding carboxylic acids is 2. The molecule has 6 heteroatoms. The van der Waals surface area contributed by atoms with Crippen molar-refractivity contribution in [1.29, 1.82) is 0 Å². The second-order valence-electron chi connectivity index (χ2n) is 8.57. The first-order valence-electron chi connectivity index (χ1n) is 9.47. The maximum Gasteiger partial charge on any atom is 0.233 e. The molecule has 1 unspecified atom stereocenters. The summed E-state index contributed by atoms with van der Waals surface area (Å²) in [7, 11) is 0. The average Bonchev–Trinajstić information content (AvgIpc) is 3.19. The van der Waals surface area contributed by atoms with Crippen LogP contribution in [0.3, 0.4) is 0 Å². The average molecular weight is 389 g/mol. The van der Waals surface area contributed by atoms with Crippen LogP contribution in [0.15, 0.2) is 12.3 Å². The molecule has 0 radical (unpaired) electrons. The number of alkyl halides is 1. The summed E-state index contributed by atoms with van der Waals surface area (Å²) < 4.78 is 0. The van der Waals surface area contributed by atoms with Gasteiger partial charge in [0.25, 0.3) is 0 Å². The van der Waals surface area contributed by atoms with Gasteiger partial charge in [0, 0.05) is 46.8 Å². The molecule has 2 aliphatic rings. The fraction of sp³-hybridized carbons (Fsp3) is 0.524. The number of benzene rings is 1. The zero-order valence-electron chi connectivity index (χ0n) is 15.9. The number of aryl methyl sites for hydroxylation is 1. The number of carbonyl (C=O) groups is 2. The molecular weight excluding hydrogens is 364 g/mol. The molecule has 1 aromatic carbocycles. The van der Waals surface area contributed by atoms with Crippen LogP contribution in [0, 0.1) is 17.8 Å². The fourth-order valence-electron chi connectivity index (χ4n) is 5.24. The second-order valence-corrected chi connectivity index (χ2v) is 8.87. The Bertz CT molecular complexity index is 943. The Kier molecular flexibility index (Phi) is 4.08. The number of amides is 1. The summed E-state index contributed by atoms with van der Waals surface area (Å²) in [6.45, 7) is 6.44. The number of aromatic nitrogens is 1. The SMILES string of the molecule is CCC1(C=O)CC(C)(C(=O)N2CC(CCl)c3c2cc(O)c2[nH]cc(C)c32)C1. The van der Waals surface area contributed by atoms with E-state index in [-0.39, 0.29) is 23.0 Å². The lowest BCUT2D eigenvalue weighted by Crippen LogP contribution is -2.55. The van der Waals surface area contributed by atoms with Gasteiger partial charge in [-0.1, -0.05) is 13.8 Å². The Hall–Kier alpha value is -2.01. The monoisotopic (exact) mass is 388 g/mol. The molecule has 0 spiro atoms. The number of hydrogen-bond acceptors (Lipinski definition) is 3. The molecule has 0 bridgehead atoms. The van der Waals surface area contributed by atoms with Gasteiger partial charge in [-0.3, -0.25) is 4.79 Å². The molecule has 5 nitrogen and oxygen atoms in total. The molecule has 4 rings (SSSR count). The van der Waals surface area contributed by atoms with Crippen LogP contribution in [0.25, 0.3) is 10.9 Å². The molecule has 2 aromatic rings. The number of fused-ring (bicyclic) bond motifs is 3. The van der Waals surface area contributed by atoms with E-state index in [2.05, 4.69) is 4.98 Å². The number of nitrogens with one attached hydrogen (secondary N) is 1. The molecule has 2 N–H and O–H groups in total. The Morgan fingerprint density at radius 2 is 2.19 bits per heavy atom. The van der Waals surface area contributed by atoms with E-state index in [0.29, 0.717) is 30.8 Å². The van der Waals surface area contributed by atoms with Crippen LogP contribution in [-0.2, 0) is 9.59 Å². The van der Waals surface area contributed by atoms with Gasteiger partial charge in [0.15, 0.2) is 0 Å². The van der Waals surface area contributed by atoms with Crippen LogP contribution in [0.1, 0.15) is 50.2 Å². The third kappa shape index (κ3) is 2.44. The third-order valence-corrected chi connectivity index (χ3v) is 7.01. The van der Waals surface area contributed by atoms with Crippen molar-refractivity contribution in [3.63, 3.8) is 0 Å². The molecule has 27 heavy (non-hydrogen) atoms. The van der Waals surface area contributed by atoms with Crippen molar-refractivity contribution >= 4 is 40.4 Å². The Labute approximate surface area is 163 Å². The zero-order chi connectivity index (χ0) is 19.6. The molecule has 1 atom stereocenters. The largest absolute Gasteiger partial charge is 0.506 e. The minimum absolute atomic E-state index is 0.0221. The zero-order valence-corrected chi connectivity index (χ0v) is 16.7. The summed E-state index contributed by atoms with van der Waals surface area (Å²) in [4.78, 5) is 29.8. The number of H-pyrrole nitrogens is 1. The van der Waals surface area contributed by atoms with Gasteiger partial charge in [-0.05, 0) is 37.3 Å². The summed E-state index contributed by atoms with van der Waals surface area (Å²) >= 11 is 6.26. The van der Waals surface area contributed by atoms with Crippen molar-refractivity contribution in [3.8, 4) is 5.75 Å². The van der Waals surface area contributed by atoms with Crippen LogP contribution in [0.5, 0.6) is 5.75 Å². The number of anilines is 1.